The van der Waals surface area contributed by atoms with Crippen molar-refractivity contribution in [3.8, 4) is 0 Å². The summed E-state index contributed by atoms with van der Waals surface area (Å²) in [5, 5.41) is 0. The molecule has 3 aliphatic rings. The smallest absolute Gasteiger partial charge is 0.0788 e. The van der Waals surface area contributed by atoms with Gasteiger partial charge in [-0.05, 0) is 27.8 Å². The van der Waals surface area contributed by atoms with Gasteiger partial charge in [-0.2, -0.15) is 0 Å². The van der Waals surface area contributed by atoms with Crippen LogP contribution >= 0.6 is 34.8 Å². The van der Waals surface area contributed by atoms with Crippen molar-refractivity contribution >= 4 is 34.8 Å². The Labute approximate surface area is 133 Å². The van der Waals surface area contributed by atoms with Gasteiger partial charge in [-0.3, -0.25) is 0 Å². The topological polar surface area (TPSA) is 0 Å². The molecule has 2 aromatic carbocycles. The number of hydrogen-bond acceptors (Lipinski definition) is 0. The van der Waals surface area contributed by atoms with Crippen LogP contribution in [-0.2, 0) is 0 Å². The van der Waals surface area contributed by atoms with Crippen LogP contribution in [0.4, 0.5) is 0 Å². The summed E-state index contributed by atoms with van der Waals surface area (Å²) in [7, 11) is 0. The third-order valence-corrected chi connectivity index (χ3v) is 4.92. The van der Waals surface area contributed by atoms with Crippen LogP contribution in [0.2, 0.25) is 0 Å². The van der Waals surface area contributed by atoms with E-state index in [2.05, 4.69) is 54.6 Å². The second-order valence-corrected chi connectivity index (χ2v) is 7.57. The molecule has 0 atom stereocenters. The summed E-state index contributed by atoms with van der Waals surface area (Å²) in [5.74, 6) is 0.248. The lowest BCUT2D eigenvalue weighted by atomic mass is 9.65. The molecule has 0 unspecified atom stereocenters. The van der Waals surface area contributed by atoms with Crippen molar-refractivity contribution in [1.82, 2.24) is 0 Å². The first kappa shape index (κ1) is 12.8. The zero-order valence-electron chi connectivity index (χ0n) is 10.5. The van der Waals surface area contributed by atoms with E-state index in [0.29, 0.717) is 0 Å². The van der Waals surface area contributed by atoms with E-state index in [-0.39, 0.29) is 11.8 Å². The van der Waals surface area contributed by atoms with Crippen LogP contribution in [0.1, 0.15) is 34.1 Å². The molecule has 100 valence electrons. The maximum absolute atomic E-state index is 6.20. The highest BCUT2D eigenvalue weighted by molar-refractivity contribution is 6.69. The maximum Gasteiger partial charge on any atom is 0.213 e. The van der Waals surface area contributed by atoms with Gasteiger partial charge in [0.05, 0.1) is 0 Å². The van der Waals surface area contributed by atoms with Crippen molar-refractivity contribution in [2.24, 2.45) is 0 Å². The van der Waals surface area contributed by atoms with Crippen molar-refractivity contribution in [2.45, 2.75) is 15.6 Å². The summed E-state index contributed by atoms with van der Waals surface area (Å²) in [6.45, 7) is 0. The molecule has 2 bridgehead atoms. The number of alkyl halides is 3. The van der Waals surface area contributed by atoms with Crippen molar-refractivity contribution in [3.63, 3.8) is 0 Å². The van der Waals surface area contributed by atoms with E-state index in [4.69, 9.17) is 34.8 Å². The van der Waals surface area contributed by atoms with Crippen molar-refractivity contribution in [1.29, 1.82) is 0 Å². The predicted octanol–water partition coefficient (Wildman–Crippen LogP) is 5.57. The molecule has 0 saturated heterocycles. The summed E-state index contributed by atoms with van der Waals surface area (Å²) in [5.41, 5.74) is 6.06. The highest BCUT2D eigenvalue weighted by atomic mass is 35.6. The number of hydrogen-bond donors (Lipinski definition) is 0. The largest absolute Gasteiger partial charge is 0.213 e. The normalized spacial score (nSPS) is 23.1. The molecular formula is C17H11Cl3. The summed E-state index contributed by atoms with van der Waals surface area (Å²) in [4.78, 5) is 0. The Balaban J connectivity index is 2.03. The highest BCUT2D eigenvalue weighted by Gasteiger charge is 2.44. The molecule has 0 nitrogen and oxygen atoms in total. The number of rotatable bonds is 0. The third kappa shape index (κ3) is 1.69. The molecule has 0 amide bonds. The van der Waals surface area contributed by atoms with Crippen molar-refractivity contribution in [2.75, 3.05) is 0 Å². The standard InChI is InChI=1S/C17H11Cl3/c18-17(19,20)15-9-14-10-5-1-3-7-12(10)16(15)13-8-4-2-6-11(13)14/h1-9,14,16H. The van der Waals surface area contributed by atoms with E-state index >= 15 is 0 Å². The first-order valence-corrected chi connectivity index (χ1v) is 7.67. The van der Waals surface area contributed by atoms with Crippen LogP contribution in [0.5, 0.6) is 0 Å². The van der Waals surface area contributed by atoms with Gasteiger partial charge in [0.2, 0.25) is 3.79 Å². The minimum atomic E-state index is -1.36. The van der Waals surface area contributed by atoms with E-state index in [9.17, 15) is 0 Å². The van der Waals surface area contributed by atoms with E-state index in [1.54, 1.807) is 0 Å². The summed E-state index contributed by atoms with van der Waals surface area (Å²) in [6, 6.07) is 16.9. The second kappa shape index (κ2) is 4.27. The summed E-state index contributed by atoms with van der Waals surface area (Å²) < 4.78 is -1.36. The van der Waals surface area contributed by atoms with Gasteiger partial charge in [0.1, 0.15) is 0 Å². The molecule has 0 radical (unpaired) electrons. The molecule has 0 saturated carbocycles. The fourth-order valence-corrected chi connectivity index (χ4v) is 4.01. The molecule has 2 aromatic rings. The van der Waals surface area contributed by atoms with Gasteiger partial charge in [-0.1, -0.05) is 89.4 Å². The van der Waals surface area contributed by atoms with E-state index < -0.39 is 3.79 Å². The van der Waals surface area contributed by atoms with E-state index in [1.165, 1.54) is 22.3 Å². The number of allylic oxidation sites excluding steroid dienone is 2. The lowest BCUT2D eigenvalue weighted by molar-refractivity contribution is 0.754. The molecule has 3 heteroatoms. The first-order chi connectivity index (χ1) is 9.57. The predicted molar refractivity (Wildman–Crippen MR) is 84.9 cm³/mol. The molecule has 5 rings (SSSR count). The molecule has 3 aliphatic carbocycles. The zero-order valence-corrected chi connectivity index (χ0v) is 12.8. The van der Waals surface area contributed by atoms with Crippen LogP contribution in [0.25, 0.3) is 0 Å². The van der Waals surface area contributed by atoms with Crippen molar-refractivity contribution in [3.05, 3.63) is 82.4 Å². The van der Waals surface area contributed by atoms with Crippen LogP contribution in [0, 0.1) is 0 Å². The lowest BCUT2D eigenvalue weighted by Crippen LogP contribution is -2.29. The van der Waals surface area contributed by atoms with Crippen LogP contribution in [-0.4, -0.2) is 3.79 Å². The van der Waals surface area contributed by atoms with Gasteiger partial charge in [0.15, 0.2) is 0 Å². The average Bonchev–Trinajstić information content (AvgIpc) is 2.46. The Morgan fingerprint density at radius 1 is 0.700 bits per heavy atom. The van der Waals surface area contributed by atoms with Gasteiger partial charge >= 0.3 is 0 Å². The van der Waals surface area contributed by atoms with Crippen LogP contribution < -0.4 is 0 Å². The summed E-state index contributed by atoms with van der Waals surface area (Å²) in [6.07, 6.45) is 2.13. The SMILES string of the molecule is ClC(Cl)(Cl)C1=CC2c3ccccc3C1c1ccccc12. The minimum absolute atomic E-state index is 0.0555. The Bertz CT molecular complexity index is 678. The molecular weight excluding hydrogens is 311 g/mol. The summed E-state index contributed by atoms with van der Waals surface area (Å²) >= 11 is 18.6. The van der Waals surface area contributed by atoms with Gasteiger partial charge in [0.25, 0.3) is 0 Å². The average molecular weight is 322 g/mol. The van der Waals surface area contributed by atoms with Gasteiger partial charge < -0.3 is 0 Å². The number of halogens is 3. The molecule has 0 spiro atoms. The molecule has 0 fully saturated rings. The fourth-order valence-electron chi connectivity index (χ4n) is 3.50. The van der Waals surface area contributed by atoms with E-state index in [0.717, 1.165) is 5.57 Å². The Morgan fingerprint density at radius 3 is 1.60 bits per heavy atom. The third-order valence-electron chi connectivity index (χ3n) is 4.27. The molecule has 0 heterocycles. The Kier molecular flexibility index (Phi) is 2.73. The zero-order chi connectivity index (χ0) is 13.9. The van der Waals surface area contributed by atoms with Crippen LogP contribution in [0.15, 0.2) is 60.2 Å². The second-order valence-electron chi connectivity index (χ2n) is 5.29. The molecule has 0 N–H and O–H groups in total. The van der Waals surface area contributed by atoms with Gasteiger partial charge in [-0.15, -0.1) is 0 Å². The minimum Gasteiger partial charge on any atom is -0.0788 e. The maximum atomic E-state index is 6.20. The molecule has 0 aromatic heterocycles. The molecule has 20 heavy (non-hydrogen) atoms. The van der Waals surface area contributed by atoms with Crippen LogP contribution in [0.3, 0.4) is 0 Å². The molecule has 0 aliphatic heterocycles. The van der Waals surface area contributed by atoms with Gasteiger partial charge in [0, 0.05) is 11.8 Å². The lowest BCUT2D eigenvalue weighted by Gasteiger charge is -2.41. The highest BCUT2D eigenvalue weighted by Crippen LogP contribution is 2.57. The Hall–Kier alpha value is -0.950. The quantitative estimate of drug-likeness (QED) is 0.439. The Morgan fingerprint density at radius 2 is 1.15 bits per heavy atom. The fraction of sp³-hybridized carbons (Fsp3) is 0.176. The number of benzene rings is 2. The first-order valence-electron chi connectivity index (χ1n) is 6.54. The van der Waals surface area contributed by atoms with Gasteiger partial charge in [-0.25, -0.2) is 0 Å². The van der Waals surface area contributed by atoms with E-state index in [1.807, 2.05) is 0 Å². The monoisotopic (exact) mass is 320 g/mol. The van der Waals surface area contributed by atoms with Crippen molar-refractivity contribution < 1.29 is 0 Å².